The van der Waals surface area contributed by atoms with E-state index in [-0.39, 0.29) is 4.90 Å². The number of nitrogens with one attached hydrogen (secondary N) is 2. The fourth-order valence-corrected chi connectivity index (χ4v) is 3.45. The molecule has 2 aromatic rings. The fraction of sp³-hybridized carbons (Fsp3) is 0.188. The number of benzene rings is 2. The molecule has 2 aromatic carbocycles. The Kier molecular flexibility index (Phi) is 5.02. The number of aliphatic hydroxyl groups is 1. The highest BCUT2D eigenvalue weighted by molar-refractivity contribution is 7.92. The quantitative estimate of drug-likeness (QED) is 0.779. The molecular weight excluding hydrogens is 316 g/mol. The van der Waals surface area contributed by atoms with E-state index in [1.807, 2.05) is 6.92 Å². The Morgan fingerprint density at radius 3 is 2.43 bits per heavy atom. The molecular formula is C16H18N2O4S. The van der Waals surface area contributed by atoms with Crippen molar-refractivity contribution in [3.8, 4) is 0 Å². The maximum absolute atomic E-state index is 12.5. The Balaban J connectivity index is 2.27. The third-order valence-corrected chi connectivity index (χ3v) is 4.70. The molecule has 0 aliphatic heterocycles. The van der Waals surface area contributed by atoms with Gasteiger partial charge in [0.15, 0.2) is 0 Å². The molecule has 0 saturated heterocycles. The molecule has 0 radical (unpaired) electrons. The van der Waals surface area contributed by atoms with Crippen molar-refractivity contribution in [3.63, 3.8) is 0 Å². The number of rotatable bonds is 5. The van der Waals surface area contributed by atoms with Gasteiger partial charge < -0.3 is 10.4 Å². The molecule has 3 N–H and O–H groups in total. The molecule has 0 aliphatic rings. The monoisotopic (exact) mass is 334 g/mol. The predicted molar refractivity (Wildman–Crippen MR) is 88.9 cm³/mol. The van der Waals surface area contributed by atoms with Crippen LogP contribution < -0.4 is 10.0 Å². The van der Waals surface area contributed by atoms with Crippen molar-refractivity contribution in [2.24, 2.45) is 0 Å². The lowest BCUT2D eigenvalue weighted by molar-refractivity contribution is -0.118. The van der Waals surface area contributed by atoms with Crippen LogP contribution in [0.3, 0.4) is 0 Å². The van der Waals surface area contributed by atoms with Gasteiger partial charge >= 0.3 is 0 Å². The summed E-state index contributed by atoms with van der Waals surface area (Å²) in [6.45, 7) is 2.99. The number of aryl methyl sites for hydroxylation is 2. The van der Waals surface area contributed by atoms with Crippen LogP contribution in [-0.2, 0) is 14.8 Å². The van der Waals surface area contributed by atoms with Gasteiger partial charge in [-0.25, -0.2) is 8.42 Å². The third-order valence-electron chi connectivity index (χ3n) is 3.16. The molecule has 0 heterocycles. The molecule has 6 nitrogen and oxygen atoms in total. The topological polar surface area (TPSA) is 95.5 Å². The van der Waals surface area contributed by atoms with Gasteiger partial charge in [0.2, 0.25) is 5.91 Å². The highest BCUT2D eigenvalue weighted by Gasteiger charge is 2.17. The van der Waals surface area contributed by atoms with Gasteiger partial charge in [-0.05, 0) is 43.7 Å². The van der Waals surface area contributed by atoms with E-state index in [0.29, 0.717) is 16.9 Å². The van der Waals surface area contributed by atoms with E-state index >= 15 is 0 Å². The standard InChI is InChI=1S/C16H18N2O4S/c1-11-6-7-15(12(2)8-11)23(21,22)18-14-5-3-4-13(9-14)17-16(20)10-19/h3-9,18-19H,10H2,1-2H3,(H,17,20). The number of anilines is 2. The van der Waals surface area contributed by atoms with E-state index in [2.05, 4.69) is 10.0 Å². The predicted octanol–water partition coefficient (Wildman–Crippen LogP) is 2.04. The number of hydrogen-bond donors (Lipinski definition) is 3. The number of amides is 1. The van der Waals surface area contributed by atoms with Gasteiger partial charge in [-0.15, -0.1) is 0 Å². The van der Waals surface area contributed by atoms with Crippen molar-refractivity contribution < 1.29 is 18.3 Å². The lowest BCUT2D eigenvalue weighted by Crippen LogP contribution is -2.16. The average Bonchev–Trinajstić information content (AvgIpc) is 2.46. The number of carbonyl (C=O) groups excluding carboxylic acids is 1. The van der Waals surface area contributed by atoms with E-state index in [4.69, 9.17) is 5.11 Å². The van der Waals surface area contributed by atoms with E-state index in [1.54, 1.807) is 43.3 Å². The van der Waals surface area contributed by atoms with Crippen molar-refractivity contribution in [2.45, 2.75) is 18.7 Å². The first-order chi connectivity index (χ1) is 10.8. The van der Waals surface area contributed by atoms with Gasteiger partial charge in [-0.2, -0.15) is 0 Å². The molecule has 122 valence electrons. The summed E-state index contributed by atoms with van der Waals surface area (Å²) in [5.74, 6) is -0.570. The van der Waals surface area contributed by atoms with E-state index in [1.165, 1.54) is 6.07 Å². The smallest absolute Gasteiger partial charge is 0.262 e. The van der Waals surface area contributed by atoms with Gasteiger partial charge in [-0.3, -0.25) is 9.52 Å². The maximum atomic E-state index is 12.5. The highest BCUT2D eigenvalue weighted by Crippen LogP contribution is 2.22. The summed E-state index contributed by atoms with van der Waals surface area (Å²) in [4.78, 5) is 11.4. The van der Waals surface area contributed by atoms with Crippen LogP contribution in [0, 0.1) is 13.8 Å². The summed E-state index contributed by atoms with van der Waals surface area (Å²) >= 11 is 0. The first kappa shape index (κ1) is 17.0. The van der Waals surface area contributed by atoms with E-state index < -0.39 is 22.5 Å². The van der Waals surface area contributed by atoms with Crippen molar-refractivity contribution in [1.82, 2.24) is 0 Å². The Labute approximate surface area is 135 Å². The molecule has 23 heavy (non-hydrogen) atoms. The van der Waals surface area contributed by atoms with Crippen LogP contribution in [0.5, 0.6) is 0 Å². The minimum absolute atomic E-state index is 0.202. The molecule has 0 aliphatic carbocycles. The van der Waals surface area contributed by atoms with Crippen LogP contribution in [0.15, 0.2) is 47.4 Å². The molecule has 1 amide bonds. The first-order valence-electron chi connectivity index (χ1n) is 6.92. The summed E-state index contributed by atoms with van der Waals surface area (Å²) in [5.41, 5.74) is 2.35. The maximum Gasteiger partial charge on any atom is 0.262 e. The molecule has 0 bridgehead atoms. The van der Waals surface area contributed by atoms with Crippen molar-refractivity contribution in [3.05, 3.63) is 53.6 Å². The second kappa shape index (κ2) is 6.80. The van der Waals surface area contributed by atoms with Crippen LogP contribution in [0.1, 0.15) is 11.1 Å². The molecule has 0 unspecified atom stereocenters. The molecule has 0 saturated carbocycles. The summed E-state index contributed by atoms with van der Waals surface area (Å²) in [7, 11) is -3.72. The van der Waals surface area contributed by atoms with Crippen molar-refractivity contribution >= 4 is 27.3 Å². The fourth-order valence-electron chi connectivity index (χ4n) is 2.17. The van der Waals surface area contributed by atoms with Crippen LogP contribution >= 0.6 is 0 Å². The highest BCUT2D eigenvalue weighted by atomic mass is 32.2. The normalized spacial score (nSPS) is 11.1. The van der Waals surface area contributed by atoms with Crippen LogP contribution in [-0.4, -0.2) is 26.0 Å². The van der Waals surface area contributed by atoms with Crippen molar-refractivity contribution in [1.29, 1.82) is 0 Å². The zero-order chi connectivity index (χ0) is 17.0. The van der Waals surface area contributed by atoms with E-state index in [9.17, 15) is 13.2 Å². The Bertz CT molecular complexity index is 832. The molecule has 0 aromatic heterocycles. The molecule has 0 spiro atoms. The number of aliphatic hydroxyl groups excluding tert-OH is 1. The molecule has 2 rings (SSSR count). The molecule has 0 fully saturated rings. The largest absolute Gasteiger partial charge is 0.387 e. The third kappa shape index (κ3) is 4.30. The van der Waals surface area contributed by atoms with Gasteiger partial charge in [0, 0.05) is 5.69 Å². The Morgan fingerprint density at radius 2 is 1.78 bits per heavy atom. The van der Waals surface area contributed by atoms with E-state index in [0.717, 1.165) is 5.56 Å². The second-order valence-electron chi connectivity index (χ2n) is 5.16. The lowest BCUT2D eigenvalue weighted by Gasteiger charge is -2.12. The minimum atomic E-state index is -3.72. The minimum Gasteiger partial charge on any atom is -0.387 e. The summed E-state index contributed by atoms with van der Waals surface area (Å²) < 4.78 is 27.5. The number of sulfonamides is 1. The lowest BCUT2D eigenvalue weighted by atomic mass is 10.2. The van der Waals surface area contributed by atoms with Gasteiger partial charge in [0.05, 0.1) is 10.6 Å². The summed E-state index contributed by atoms with van der Waals surface area (Å²) in [5, 5.41) is 11.2. The number of carbonyl (C=O) groups is 1. The van der Waals surface area contributed by atoms with Crippen LogP contribution in [0.4, 0.5) is 11.4 Å². The zero-order valence-corrected chi connectivity index (χ0v) is 13.6. The van der Waals surface area contributed by atoms with Gasteiger partial charge in [0.25, 0.3) is 10.0 Å². The molecule has 0 atom stereocenters. The second-order valence-corrected chi connectivity index (χ2v) is 6.81. The van der Waals surface area contributed by atoms with Crippen LogP contribution in [0.25, 0.3) is 0 Å². The Morgan fingerprint density at radius 1 is 1.09 bits per heavy atom. The van der Waals surface area contributed by atoms with Crippen molar-refractivity contribution in [2.75, 3.05) is 16.6 Å². The first-order valence-corrected chi connectivity index (χ1v) is 8.41. The Hall–Kier alpha value is -2.38. The SMILES string of the molecule is Cc1ccc(S(=O)(=O)Nc2cccc(NC(=O)CO)c2)c(C)c1. The number of hydrogen-bond acceptors (Lipinski definition) is 4. The zero-order valence-electron chi connectivity index (χ0n) is 12.8. The average molecular weight is 334 g/mol. The van der Waals surface area contributed by atoms with Gasteiger partial charge in [-0.1, -0.05) is 23.8 Å². The van der Waals surface area contributed by atoms with Gasteiger partial charge in [0.1, 0.15) is 6.61 Å². The van der Waals surface area contributed by atoms with Crippen LogP contribution in [0.2, 0.25) is 0 Å². The molecule has 7 heteroatoms. The summed E-state index contributed by atoms with van der Waals surface area (Å²) in [6, 6.07) is 11.4. The summed E-state index contributed by atoms with van der Waals surface area (Å²) in [6.07, 6.45) is 0.